The Hall–Kier alpha value is -1.93. The maximum Gasteiger partial charge on any atom is 0.304 e. The standard InChI is InChI=1S/C13H17N3O2/c1-10(2)16(6-4-13(17)18)9-11-3-5-15-12(7-11)8-14/h3,5,7,10H,4,6,9H2,1-2H3,(H,17,18). The van der Waals surface area contributed by atoms with Crippen molar-refractivity contribution in [1.29, 1.82) is 5.26 Å². The Morgan fingerprint density at radius 3 is 2.89 bits per heavy atom. The van der Waals surface area contributed by atoms with Crippen molar-refractivity contribution in [2.24, 2.45) is 0 Å². The van der Waals surface area contributed by atoms with E-state index in [1.165, 1.54) is 0 Å². The van der Waals surface area contributed by atoms with Crippen LogP contribution in [0.3, 0.4) is 0 Å². The molecule has 0 fully saturated rings. The minimum Gasteiger partial charge on any atom is -0.481 e. The van der Waals surface area contributed by atoms with Gasteiger partial charge in [0, 0.05) is 25.3 Å². The number of hydrogen-bond donors (Lipinski definition) is 1. The van der Waals surface area contributed by atoms with Crippen molar-refractivity contribution in [3.05, 3.63) is 29.6 Å². The fourth-order valence-corrected chi connectivity index (χ4v) is 1.63. The summed E-state index contributed by atoms with van der Waals surface area (Å²) in [6, 6.07) is 5.83. The number of hydrogen-bond acceptors (Lipinski definition) is 4. The third-order valence-electron chi connectivity index (χ3n) is 2.67. The first-order chi connectivity index (χ1) is 8.52. The Kier molecular flexibility index (Phi) is 5.28. The second-order valence-electron chi connectivity index (χ2n) is 4.37. The van der Waals surface area contributed by atoms with Crippen LogP contribution in [0.25, 0.3) is 0 Å². The molecule has 1 aromatic rings. The Balaban J connectivity index is 2.70. The molecule has 0 spiro atoms. The summed E-state index contributed by atoms with van der Waals surface area (Å²) >= 11 is 0. The molecule has 5 nitrogen and oxygen atoms in total. The van der Waals surface area contributed by atoms with Crippen molar-refractivity contribution in [2.75, 3.05) is 6.54 Å². The van der Waals surface area contributed by atoms with E-state index in [1.54, 1.807) is 12.3 Å². The molecule has 0 saturated heterocycles. The van der Waals surface area contributed by atoms with E-state index in [-0.39, 0.29) is 12.5 Å². The summed E-state index contributed by atoms with van der Waals surface area (Å²) in [7, 11) is 0. The summed E-state index contributed by atoms with van der Waals surface area (Å²) in [5.74, 6) is -0.798. The van der Waals surface area contributed by atoms with Gasteiger partial charge in [0.05, 0.1) is 6.42 Å². The Morgan fingerprint density at radius 1 is 1.61 bits per heavy atom. The van der Waals surface area contributed by atoms with E-state index in [1.807, 2.05) is 26.0 Å². The van der Waals surface area contributed by atoms with Gasteiger partial charge in [-0.1, -0.05) is 0 Å². The highest BCUT2D eigenvalue weighted by atomic mass is 16.4. The Morgan fingerprint density at radius 2 is 2.33 bits per heavy atom. The van der Waals surface area contributed by atoms with Crippen LogP contribution in [0, 0.1) is 11.3 Å². The zero-order valence-electron chi connectivity index (χ0n) is 10.6. The first-order valence-corrected chi connectivity index (χ1v) is 5.83. The van der Waals surface area contributed by atoms with Crippen LogP contribution in [0.2, 0.25) is 0 Å². The van der Waals surface area contributed by atoms with Crippen LogP contribution in [0.15, 0.2) is 18.3 Å². The number of rotatable bonds is 6. The molecule has 1 heterocycles. The van der Waals surface area contributed by atoms with Crippen LogP contribution in [0.1, 0.15) is 31.5 Å². The monoisotopic (exact) mass is 247 g/mol. The summed E-state index contributed by atoms with van der Waals surface area (Å²) in [6.07, 6.45) is 1.72. The number of carbonyl (C=O) groups is 1. The van der Waals surface area contributed by atoms with E-state index >= 15 is 0 Å². The molecule has 0 aliphatic heterocycles. The molecule has 0 bridgehead atoms. The molecule has 0 unspecified atom stereocenters. The van der Waals surface area contributed by atoms with Crippen molar-refractivity contribution in [1.82, 2.24) is 9.88 Å². The van der Waals surface area contributed by atoms with Gasteiger partial charge >= 0.3 is 5.97 Å². The van der Waals surface area contributed by atoms with E-state index in [2.05, 4.69) is 9.88 Å². The molecule has 0 aliphatic rings. The summed E-state index contributed by atoms with van der Waals surface area (Å²) in [6.45, 7) is 5.17. The molecule has 0 radical (unpaired) electrons. The van der Waals surface area contributed by atoms with Crippen molar-refractivity contribution in [2.45, 2.75) is 32.9 Å². The molecule has 1 aromatic heterocycles. The minimum atomic E-state index is -0.798. The lowest BCUT2D eigenvalue weighted by Crippen LogP contribution is -2.32. The van der Waals surface area contributed by atoms with Gasteiger partial charge in [0.15, 0.2) is 0 Å². The minimum absolute atomic E-state index is 0.119. The number of aliphatic carboxylic acids is 1. The lowest BCUT2D eigenvalue weighted by molar-refractivity contribution is -0.137. The number of aromatic nitrogens is 1. The molecule has 18 heavy (non-hydrogen) atoms. The number of carboxylic acids is 1. The largest absolute Gasteiger partial charge is 0.481 e. The zero-order valence-corrected chi connectivity index (χ0v) is 10.6. The van der Waals surface area contributed by atoms with Gasteiger partial charge in [0.1, 0.15) is 11.8 Å². The van der Waals surface area contributed by atoms with Crippen LogP contribution in [0.5, 0.6) is 0 Å². The van der Waals surface area contributed by atoms with E-state index in [4.69, 9.17) is 10.4 Å². The molecule has 96 valence electrons. The lowest BCUT2D eigenvalue weighted by Gasteiger charge is -2.25. The first kappa shape index (κ1) is 14.1. The molecule has 1 N–H and O–H groups in total. The fourth-order valence-electron chi connectivity index (χ4n) is 1.63. The van der Waals surface area contributed by atoms with Crippen molar-refractivity contribution in [3.8, 4) is 6.07 Å². The van der Waals surface area contributed by atoms with E-state index in [9.17, 15) is 4.79 Å². The lowest BCUT2D eigenvalue weighted by atomic mass is 10.2. The molecule has 0 amide bonds. The van der Waals surface area contributed by atoms with Gasteiger partial charge in [-0.2, -0.15) is 5.26 Å². The van der Waals surface area contributed by atoms with Gasteiger partial charge in [-0.25, -0.2) is 4.98 Å². The summed E-state index contributed by atoms with van der Waals surface area (Å²) in [4.78, 5) is 16.6. The average molecular weight is 247 g/mol. The van der Waals surface area contributed by atoms with Crippen LogP contribution in [0.4, 0.5) is 0 Å². The van der Waals surface area contributed by atoms with E-state index in [0.29, 0.717) is 18.8 Å². The predicted molar refractivity (Wildman–Crippen MR) is 66.8 cm³/mol. The topological polar surface area (TPSA) is 77.2 Å². The van der Waals surface area contributed by atoms with Gasteiger partial charge in [-0.15, -0.1) is 0 Å². The maximum atomic E-state index is 10.6. The average Bonchev–Trinajstić information content (AvgIpc) is 2.34. The molecular formula is C13H17N3O2. The fraction of sp³-hybridized carbons (Fsp3) is 0.462. The first-order valence-electron chi connectivity index (χ1n) is 5.83. The molecule has 0 aliphatic carbocycles. The van der Waals surface area contributed by atoms with Crippen LogP contribution in [-0.2, 0) is 11.3 Å². The third-order valence-corrected chi connectivity index (χ3v) is 2.67. The maximum absolute atomic E-state index is 10.6. The van der Waals surface area contributed by atoms with Crippen molar-refractivity contribution < 1.29 is 9.90 Å². The van der Waals surface area contributed by atoms with Gasteiger partial charge < -0.3 is 5.11 Å². The van der Waals surface area contributed by atoms with Gasteiger partial charge in [-0.3, -0.25) is 9.69 Å². The Bertz CT molecular complexity index is 452. The quantitative estimate of drug-likeness (QED) is 0.826. The van der Waals surface area contributed by atoms with Crippen LogP contribution in [-0.4, -0.2) is 33.5 Å². The highest BCUT2D eigenvalue weighted by molar-refractivity contribution is 5.66. The summed E-state index contributed by atoms with van der Waals surface area (Å²) in [5, 5.41) is 17.5. The molecule has 0 atom stereocenters. The summed E-state index contributed by atoms with van der Waals surface area (Å²) in [5.41, 5.74) is 1.36. The van der Waals surface area contributed by atoms with Gasteiger partial charge in [0.2, 0.25) is 0 Å². The molecule has 1 rings (SSSR count). The number of carboxylic acid groups (broad SMARTS) is 1. The van der Waals surface area contributed by atoms with Gasteiger partial charge in [-0.05, 0) is 31.5 Å². The van der Waals surface area contributed by atoms with Crippen LogP contribution < -0.4 is 0 Å². The predicted octanol–water partition coefficient (Wildman–Crippen LogP) is 1.64. The zero-order chi connectivity index (χ0) is 13.5. The van der Waals surface area contributed by atoms with Crippen LogP contribution >= 0.6 is 0 Å². The third kappa shape index (κ3) is 4.52. The second kappa shape index (κ2) is 6.72. The highest BCUT2D eigenvalue weighted by Crippen LogP contribution is 2.09. The van der Waals surface area contributed by atoms with Gasteiger partial charge in [0.25, 0.3) is 0 Å². The number of nitriles is 1. The SMILES string of the molecule is CC(C)N(CCC(=O)O)Cc1ccnc(C#N)c1. The molecule has 0 aromatic carbocycles. The molecule has 0 saturated carbocycles. The summed E-state index contributed by atoms with van der Waals surface area (Å²) < 4.78 is 0. The van der Waals surface area contributed by atoms with Crippen molar-refractivity contribution >= 4 is 5.97 Å². The molecular weight excluding hydrogens is 230 g/mol. The Labute approximate surface area is 107 Å². The number of pyridine rings is 1. The second-order valence-corrected chi connectivity index (χ2v) is 4.37. The molecule has 5 heteroatoms. The van der Waals surface area contributed by atoms with Crippen molar-refractivity contribution in [3.63, 3.8) is 0 Å². The smallest absolute Gasteiger partial charge is 0.304 e. The highest BCUT2D eigenvalue weighted by Gasteiger charge is 2.12. The van der Waals surface area contributed by atoms with E-state index in [0.717, 1.165) is 5.56 Å². The number of nitrogens with zero attached hydrogens (tertiary/aromatic N) is 3. The normalized spacial score (nSPS) is 10.6. The van der Waals surface area contributed by atoms with E-state index < -0.39 is 5.97 Å².